The Morgan fingerprint density at radius 2 is 2.37 bits per heavy atom. The van der Waals surface area contributed by atoms with Crippen LogP contribution < -0.4 is 15.4 Å². The summed E-state index contributed by atoms with van der Waals surface area (Å²) in [5.41, 5.74) is 0. The lowest BCUT2D eigenvalue weighted by molar-refractivity contribution is -0.123. The SMILES string of the molecule is Cl.O=C(COc1cccc(Cl)c1)N[C@H]1CCCNC1. The summed E-state index contributed by atoms with van der Waals surface area (Å²) in [6.45, 7) is 1.89. The Hall–Kier alpha value is -0.970. The summed E-state index contributed by atoms with van der Waals surface area (Å²) in [5, 5.41) is 6.79. The number of nitrogens with one attached hydrogen (secondary N) is 2. The number of halogens is 2. The number of hydrogen-bond donors (Lipinski definition) is 2. The molecule has 0 aliphatic carbocycles. The van der Waals surface area contributed by atoms with Gasteiger partial charge in [-0.2, -0.15) is 0 Å². The fourth-order valence-corrected chi connectivity index (χ4v) is 2.13. The largest absolute Gasteiger partial charge is 0.484 e. The average Bonchev–Trinajstić information content (AvgIpc) is 2.38. The van der Waals surface area contributed by atoms with Crippen LogP contribution >= 0.6 is 24.0 Å². The normalized spacial score (nSPS) is 18.3. The van der Waals surface area contributed by atoms with Crippen LogP contribution in [0.1, 0.15) is 12.8 Å². The van der Waals surface area contributed by atoms with Crippen molar-refractivity contribution in [2.24, 2.45) is 0 Å². The highest BCUT2D eigenvalue weighted by atomic mass is 35.5. The Morgan fingerprint density at radius 3 is 3.05 bits per heavy atom. The third-order valence-corrected chi connectivity index (χ3v) is 3.06. The zero-order valence-electron chi connectivity index (χ0n) is 10.5. The van der Waals surface area contributed by atoms with Crippen LogP contribution in [0.2, 0.25) is 5.02 Å². The number of carbonyl (C=O) groups excluding carboxylic acids is 1. The van der Waals surface area contributed by atoms with Gasteiger partial charge in [0.05, 0.1) is 0 Å². The first-order valence-corrected chi connectivity index (χ1v) is 6.50. The van der Waals surface area contributed by atoms with Crippen molar-refractivity contribution in [3.63, 3.8) is 0 Å². The summed E-state index contributed by atoms with van der Waals surface area (Å²) in [6, 6.07) is 7.25. The van der Waals surface area contributed by atoms with Gasteiger partial charge in [0.15, 0.2) is 6.61 Å². The molecule has 19 heavy (non-hydrogen) atoms. The molecule has 6 heteroatoms. The second-order valence-corrected chi connectivity index (χ2v) is 4.79. The molecule has 0 bridgehead atoms. The molecule has 1 aliphatic rings. The Morgan fingerprint density at radius 1 is 1.53 bits per heavy atom. The molecule has 0 saturated carbocycles. The van der Waals surface area contributed by atoms with E-state index < -0.39 is 0 Å². The van der Waals surface area contributed by atoms with E-state index in [4.69, 9.17) is 16.3 Å². The van der Waals surface area contributed by atoms with Gasteiger partial charge in [-0.1, -0.05) is 17.7 Å². The van der Waals surface area contributed by atoms with Crippen LogP contribution in [0.5, 0.6) is 5.75 Å². The number of ether oxygens (including phenoxy) is 1. The molecule has 2 rings (SSSR count). The molecule has 1 aliphatic heterocycles. The third-order valence-electron chi connectivity index (χ3n) is 2.83. The standard InChI is InChI=1S/C13H17ClN2O2.ClH/c14-10-3-1-5-12(7-10)18-9-13(17)16-11-4-2-6-15-8-11;/h1,3,5,7,11,15H,2,4,6,8-9H2,(H,16,17);1H/t11-;/m0./s1. The van der Waals surface area contributed by atoms with Gasteiger partial charge < -0.3 is 15.4 Å². The minimum atomic E-state index is -0.0938. The zero-order valence-corrected chi connectivity index (χ0v) is 12.1. The summed E-state index contributed by atoms with van der Waals surface area (Å²) in [5.74, 6) is 0.517. The maximum absolute atomic E-state index is 11.7. The summed E-state index contributed by atoms with van der Waals surface area (Å²) in [7, 11) is 0. The van der Waals surface area contributed by atoms with Gasteiger partial charge in [-0.05, 0) is 37.6 Å². The zero-order chi connectivity index (χ0) is 12.8. The number of benzene rings is 1. The molecule has 1 aromatic carbocycles. The van der Waals surface area contributed by atoms with Crippen molar-refractivity contribution in [2.45, 2.75) is 18.9 Å². The molecule has 1 aromatic rings. The summed E-state index contributed by atoms with van der Waals surface area (Å²) in [6.07, 6.45) is 2.12. The highest BCUT2D eigenvalue weighted by Crippen LogP contribution is 2.16. The van der Waals surface area contributed by atoms with Gasteiger partial charge in [-0.3, -0.25) is 4.79 Å². The molecule has 1 fully saturated rings. The Labute approximate surface area is 124 Å². The monoisotopic (exact) mass is 304 g/mol. The number of rotatable bonds is 4. The molecule has 0 spiro atoms. The van der Waals surface area contributed by atoms with Crippen LogP contribution in [0.3, 0.4) is 0 Å². The van der Waals surface area contributed by atoms with Crippen molar-refractivity contribution in [1.29, 1.82) is 0 Å². The van der Waals surface area contributed by atoms with Crippen LogP contribution in [-0.4, -0.2) is 31.6 Å². The molecule has 1 atom stereocenters. The van der Waals surface area contributed by atoms with Gasteiger partial charge in [0.2, 0.25) is 0 Å². The predicted octanol–water partition coefficient (Wildman–Crippen LogP) is 2.01. The van der Waals surface area contributed by atoms with E-state index in [1.807, 2.05) is 0 Å². The van der Waals surface area contributed by atoms with E-state index in [-0.39, 0.29) is 31.0 Å². The molecular formula is C13H18Cl2N2O2. The van der Waals surface area contributed by atoms with Gasteiger partial charge in [0, 0.05) is 17.6 Å². The molecule has 1 amide bonds. The number of hydrogen-bond acceptors (Lipinski definition) is 3. The second kappa shape index (κ2) is 8.25. The van der Waals surface area contributed by atoms with E-state index in [1.165, 1.54) is 0 Å². The second-order valence-electron chi connectivity index (χ2n) is 4.36. The lowest BCUT2D eigenvalue weighted by atomic mass is 10.1. The van der Waals surface area contributed by atoms with Crippen LogP contribution in [-0.2, 0) is 4.79 Å². The van der Waals surface area contributed by atoms with Gasteiger partial charge in [-0.25, -0.2) is 0 Å². The van der Waals surface area contributed by atoms with E-state index >= 15 is 0 Å². The van der Waals surface area contributed by atoms with Crippen LogP contribution in [0.15, 0.2) is 24.3 Å². The molecule has 0 unspecified atom stereocenters. The predicted molar refractivity (Wildman–Crippen MR) is 78.2 cm³/mol. The first kappa shape index (κ1) is 16.1. The fourth-order valence-electron chi connectivity index (χ4n) is 1.95. The highest BCUT2D eigenvalue weighted by molar-refractivity contribution is 6.30. The topological polar surface area (TPSA) is 50.4 Å². The Bertz CT molecular complexity index is 409. The van der Waals surface area contributed by atoms with E-state index in [0.717, 1.165) is 25.9 Å². The third kappa shape index (κ3) is 5.68. The molecule has 106 valence electrons. The number of piperidine rings is 1. The summed E-state index contributed by atoms with van der Waals surface area (Å²) >= 11 is 5.83. The molecule has 0 radical (unpaired) electrons. The van der Waals surface area contributed by atoms with Crippen LogP contribution in [0.25, 0.3) is 0 Å². The van der Waals surface area contributed by atoms with Crippen molar-refractivity contribution in [2.75, 3.05) is 19.7 Å². The van der Waals surface area contributed by atoms with Gasteiger partial charge in [0.1, 0.15) is 5.75 Å². The number of amides is 1. The molecule has 4 nitrogen and oxygen atoms in total. The van der Waals surface area contributed by atoms with Crippen molar-refractivity contribution < 1.29 is 9.53 Å². The average molecular weight is 305 g/mol. The Balaban J connectivity index is 0.00000180. The van der Waals surface area contributed by atoms with Crippen molar-refractivity contribution >= 4 is 29.9 Å². The quantitative estimate of drug-likeness (QED) is 0.894. The molecule has 1 saturated heterocycles. The van der Waals surface area contributed by atoms with Crippen molar-refractivity contribution in [3.8, 4) is 5.75 Å². The van der Waals surface area contributed by atoms with Gasteiger partial charge >= 0.3 is 0 Å². The molecule has 0 aromatic heterocycles. The minimum Gasteiger partial charge on any atom is -0.484 e. The lowest BCUT2D eigenvalue weighted by Gasteiger charge is -2.23. The first-order valence-electron chi connectivity index (χ1n) is 6.12. The van der Waals surface area contributed by atoms with E-state index in [0.29, 0.717) is 10.8 Å². The van der Waals surface area contributed by atoms with Crippen LogP contribution in [0.4, 0.5) is 0 Å². The van der Waals surface area contributed by atoms with Crippen molar-refractivity contribution in [3.05, 3.63) is 29.3 Å². The summed E-state index contributed by atoms with van der Waals surface area (Å²) in [4.78, 5) is 11.7. The maximum Gasteiger partial charge on any atom is 0.258 e. The number of carbonyl (C=O) groups is 1. The minimum absolute atomic E-state index is 0. The maximum atomic E-state index is 11.7. The van der Waals surface area contributed by atoms with E-state index in [9.17, 15) is 4.79 Å². The van der Waals surface area contributed by atoms with E-state index in [1.54, 1.807) is 24.3 Å². The highest BCUT2D eigenvalue weighted by Gasteiger charge is 2.15. The van der Waals surface area contributed by atoms with Crippen LogP contribution in [0, 0.1) is 0 Å². The smallest absolute Gasteiger partial charge is 0.258 e. The van der Waals surface area contributed by atoms with Gasteiger partial charge in [0.25, 0.3) is 5.91 Å². The molecule has 2 N–H and O–H groups in total. The van der Waals surface area contributed by atoms with Crippen molar-refractivity contribution in [1.82, 2.24) is 10.6 Å². The lowest BCUT2D eigenvalue weighted by Crippen LogP contribution is -2.46. The molecule has 1 heterocycles. The molecular weight excluding hydrogens is 287 g/mol. The Kier molecular flexibility index (Phi) is 6.99. The van der Waals surface area contributed by atoms with Gasteiger partial charge in [-0.15, -0.1) is 12.4 Å². The van der Waals surface area contributed by atoms with E-state index in [2.05, 4.69) is 10.6 Å². The summed E-state index contributed by atoms with van der Waals surface area (Å²) < 4.78 is 5.37. The first-order chi connectivity index (χ1) is 8.74. The fraction of sp³-hybridized carbons (Fsp3) is 0.462.